The van der Waals surface area contributed by atoms with Gasteiger partial charge in [-0.3, -0.25) is 4.79 Å². The number of carbonyl (C=O) groups excluding carboxylic acids is 3. The summed E-state index contributed by atoms with van der Waals surface area (Å²) in [6, 6.07) is 14.4. The fraction of sp³-hybridized carbons (Fsp3) is 0.375. The van der Waals surface area contributed by atoms with Crippen LogP contribution in [0.1, 0.15) is 29.3 Å². The average Bonchev–Trinajstić information content (AvgIpc) is 2.83. The molecule has 1 aliphatic heterocycles. The number of alkyl carbamates (subject to hydrolysis) is 1. The summed E-state index contributed by atoms with van der Waals surface area (Å²) < 4.78 is 15.8. The molecule has 1 saturated heterocycles. The van der Waals surface area contributed by atoms with Crippen LogP contribution in [0.4, 0.5) is 16.2 Å². The maximum absolute atomic E-state index is 12.3. The van der Waals surface area contributed by atoms with Crippen LogP contribution in [-0.4, -0.2) is 57.4 Å². The van der Waals surface area contributed by atoms with Crippen LogP contribution in [0.25, 0.3) is 0 Å². The lowest BCUT2D eigenvalue weighted by atomic mass is 10.0. The van der Waals surface area contributed by atoms with Crippen LogP contribution in [0.3, 0.4) is 0 Å². The van der Waals surface area contributed by atoms with Gasteiger partial charge in [0.25, 0.3) is 0 Å². The number of hydrogen-bond acceptors (Lipinski definition) is 7. The predicted molar refractivity (Wildman–Crippen MR) is 123 cm³/mol. The molecular weight excluding hydrogens is 426 g/mol. The van der Waals surface area contributed by atoms with Crippen LogP contribution < -0.4 is 15.5 Å². The number of piperidine rings is 1. The number of methoxy groups -OCH3 is 2. The Morgan fingerprint density at radius 2 is 1.85 bits per heavy atom. The van der Waals surface area contributed by atoms with Crippen molar-refractivity contribution < 1.29 is 28.6 Å². The molecular formula is C24H29N3O6. The summed E-state index contributed by atoms with van der Waals surface area (Å²) in [5.74, 6) is -0.819. The molecule has 1 aliphatic rings. The number of nitrogens with zero attached hydrogens (tertiary/aromatic N) is 1. The van der Waals surface area contributed by atoms with Gasteiger partial charge in [0.15, 0.2) is 0 Å². The maximum atomic E-state index is 12.3. The molecule has 33 heavy (non-hydrogen) atoms. The summed E-state index contributed by atoms with van der Waals surface area (Å²) in [6.45, 7) is 2.70. The van der Waals surface area contributed by atoms with Crippen molar-refractivity contribution in [3.05, 3.63) is 59.7 Å². The third kappa shape index (κ3) is 6.45. The van der Waals surface area contributed by atoms with E-state index in [1.807, 2.05) is 36.4 Å². The first kappa shape index (κ1) is 24.1. The van der Waals surface area contributed by atoms with Gasteiger partial charge in [-0.2, -0.15) is 0 Å². The van der Waals surface area contributed by atoms with E-state index in [2.05, 4.69) is 15.5 Å². The molecule has 1 fully saturated rings. The van der Waals surface area contributed by atoms with Crippen LogP contribution >= 0.6 is 0 Å². The molecule has 9 nitrogen and oxygen atoms in total. The first-order chi connectivity index (χ1) is 15.9. The highest BCUT2D eigenvalue weighted by molar-refractivity contribution is 6.01. The number of esters is 1. The number of benzene rings is 2. The van der Waals surface area contributed by atoms with Gasteiger partial charge in [-0.1, -0.05) is 30.3 Å². The summed E-state index contributed by atoms with van der Waals surface area (Å²) in [6.07, 6.45) is -0.147. The van der Waals surface area contributed by atoms with Gasteiger partial charge in [0.1, 0.15) is 6.61 Å². The molecule has 2 atom stereocenters. The summed E-state index contributed by atoms with van der Waals surface area (Å²) in [4.78, 5) is 38.0. The Kier molecular flexibility index (Phi) is 8.26. The van der Waals surface area contributed by atoms with Crippen LogP contribution in [0.2, 0.25) is 0 Å². The number of anilines is 2. The number of amides is 2. The number of hydrogen-bond donors (Lipinski definition) is 2. The third-order valence-electron chi connectivity index (χ3n) is 5.46. The monoisotopic (exact) mass is 455 g/mol. The fourth-order valence-electron chi connectivity index (χ4n) is 3.78. The molecule has 0 saturated carbocycles. The Labute approximate surface area is 193 Å². The number of carbonyl (C=O) groups is 3. The van der Waals surface area contributed by atoms with Crippen molar-refractivity contribution in [1.82, 2.24) is 5.32 Å². The van der Waals surface area contributed by atoms with Gasteiger partial charge in [0, 0.05) is 32.8 Å². The molecule has 176 valence electrons. The van der Waals surface area contributed by atoms with Gasteiger partial charge in [-0.05, 0) is 30.2 Å². The van der Waals surface area contributed by atoms with Crippen molar-refractivity contribution in [3.63, 3.8) is 0 Å². The predicted octanol–water partition coefficient (Wildman–Crippen LogP) is 2.95. The van der Waals surface area contributed by atoms with Crippen molar-refractivity contribution in [1.29, 1.82) is 0 Å². The number of ether oxygens (including phenoxy) is 3. The van der Waals surface area contributed by atoms with E-state index in [0.29, 0.717) is 25.2 Å². The van der Waals surface area contributed by atoms with Crippen molar-refractivity contribution in [2.45, 2.75) is 32.1 Å². The number of nitrogens with one attached hydrogen (secondary N) is 2. The first-order valence-corrected chi connectivity index (χ1v) is 10.7. The van der Waals surface area contributed by atoms with E-state index < -0.39 is 12.1 Å². The van der Waals surface area contributed by atoms with Gasteiger partial charge in [0.2, 0.25) is 5.91 Å². The normalized spacial score (nSPS) is 17.7. The molecule has 2 aromatic rings. The van der Waals surface area contributed by atoms with Gasteiger partial charge in [-0.15, -0.1) is 0 Å². The van der Waals surface area contributed by atoms with E-state index in [0.717, 1.165) is 11.3 Å². The molecule has 2 aromatic carbocycles. The standard InChI is InChI=1S/C24H29N3O6/c1-16(28)25-20-10-9-18(13-19(20)23(29)32-3)27-12-11-21(22(14-27)31-2)26-24(30)33-15-17-7-5-4-6-8-17/h4-10,13,21-22H,11-12,14-15H2,1-3H3,(H,25,28)(H,26,30). The SMILES string of the molecule is COC(=O)c1cc(N2CCC(NC(=O)OCc3ccccc3)C(OC)C2)ccc1NC(C)=O. The van der Waals surface area contributed by atoms with Gasteiger partial charge in [0.05, 0.1) is 30.5 Å². The Morgan fingerprint density at radius 1 is 1.09 bits per heavy atom. The Morgan fingerprint density at radius 3 is 2.52 bits per heavy atom. The molecule has 9 heteroatoms. The van der Waals surface area contributed by atoms with Crippen LogP contribution in [0.5, 0.6) is 0 Å². The summed E-state index contributed by atoms with van der Waals surface area (Å²) in [5.41, 5.74) is 2.36. The molecule has 0 bridgehead atoms. The quantitative estimate of drug-likeness (QED) is 0.618. The van der Waals surface area contributed by atoms with E-state index in [9.17, 15) is 14.4 Å². The van der Waals surface area contributed by atoms with E-state index in [4.69, 9.17) is 14.2 Å². The first-order valence-electron chi connectivity index (χ1n) is 10.7. The van der Waals surface area contributed by atoms with E-state index in [1.165, 1.54) is 14.0 Å². The van der Waals surface area contributed by atoms with Crippen LogP contribution in [0.15, 0.2) is 48.5 Å². The van der Waals surface area contributed by atoms with E-state index in [1.54, 1.807) is 19.2 Å². The lowest BCUT2D eigenvalue weighted by Crippen LogP contribution is -2.55. The molecule has 0 spiro atoms. The highest BCUT2D eigenvalue weighted by atomic mass is 16.5. The lowest BCUT2D eigenvalue weighted by molar-refractivity contribution is -0.114. The van der Waals surface area contributed by atoms with Gasteiger partial charge in [-0.25, -0.2) is 9.59 Å². The largest absolute Gasteiger partial charge is 0.465 e. The Hall–Kier alpha value is -3.59. The lowest BCUT2D eigenvalue weighted by Gasteiger charge is -2.39. The van der Waals surface area contributed by atoms with Crippen molar-refractivity contribution in [2.24, 2.45) is 0 Å². The van der Waals surface area contributed by atoms with E-state index in [-0.39, 0.29) is 30.2 Å². The summed E-state index contributed by atoms with van der Waals surface area (Å²) >= 11 is 0. The maximum Gasteiger partial charge on any atom is 0.407 e. The zero-order chi connectivity index (χ0) is 23.8. The Balaban J connectivity index is 1.64. The molecule has 0 radical (unpaired) electrons. The molecule has 1 heterocycles. The minimum atomic E-state index is -0.540. The zero-order valence-corrected chi connectivity index (χ0v) is 19.0. The Bertz CT molecular complexity index is 981. The molecule has 2 amide bonds. The third-order valence-corrected chi connectivity index (χ3v) is 5.46. The summed E-state index contributed by atoms with van der Waals surface area (Å²) in [7, 11) is 2.89. The van der Waals surface area contributed by atoms with E-state index >= 15 is 0 Å². The number of rotatable bonds is 7. The highest BCUT2D eigenvalue weighted by Gasteiger charge is 2.31. The van der Waals surface area contributed by atoms with Crippen molar-refractivity contribution in [2.75, 3.05) is 37.5 Å². The molecule has 2 unspecified atom stereocenters. The van der Waals surface area contributed by atoms with Gasteiger partial charge >= 0.3 is 12.1 Å². The van der Waals surface area contributed by atoms with Crippen LogP contribution in [0, 0.1) is 0 Å². The molecule has 0 aliphatic carbocycles. The molecule has 3 rings (SSSR count). The smallest absolute Gasteiger partial charge is 0.407 e. The topological polar surface area (TPSA) is 106 Å². The van der Waals surface area contributed by atoms with Crippen LogP contribution in [-0.2, 0) is 25.6 Å². The second-order valence-electron chi connectivity index (χ2n) is 7.72. The molecule has 2 N–H and O–H groups in total. The average molecular weight is 456 g/mol. The van der Waals surface area contributed by atoms with Gasteiger partial charge < -0.3 is 29.7 Å². The van der Waals surface area contributed by atoms with Crippen molar-refractivity contribution in [3.8, 4) is 0 Å². The molecule has 0 aromatic heterocycles. The zero-order valence-electron chi connectivity index (χ0n) is 19.0. The summed E-state index contributed by atoms with van der Waals surface area (Å²) in [5, 5.41) is 5.54. The highest BCUT2D eigenvalue weighted by Crippen LogP contribution is 2.27. The fourth-order valence-corrected chi connectivity index (χ4v) is 3.78. The second kappa shape index (κ2) is 11.3. The minimum Gasteiger partial charge on any atom is -0.465 e. The van der Waals surface area contributed by atoms with Crippen molar-refractivity contribution >= 4 is 29.3 Å². The minimum absolute atomic E-state index is 0.195. The second-order valence-corrected chi connectivity index (χ2v) is 7.72.